The van der Waals surface area contributed by atoms with Gasteiger partial charge in [0.2, 0.25) is 0 Å². The van der Waals surface area contributed by atoms with Gasteiger partial charge in [0, 0.05) is 24.5 Å². The summed E-state index contributed by atoms with van der Waals surface area (Å²) >= 11 is 1.73. The van der Waals surface area contributed by atoms with Gasteiger partial charge in [0.25, 0.3) is 0 Å². The van der Waals surface area contributed by atoms with E-state index in [0.717, 1.165) is 43.8 Å². The number of nitrogens with zero attached hydrogens (tertiary/aromatic N) is 1. The smallest absolute Gasteiger partial charge is 0.416 e. The number of carbonyl (C=O) groups is 1. The zero-order valence-electron chi connectivity index (χ0n) is 20.8. The highest BCUT2D eigenvalue weighted by Gasteiger charge is 2.30. The molecule has 0 unspecified atom stereocenters. The van der Waals surface area contributed by atoms with Crippen molar-refractivity contribution >= 4 is 17.7 Å². The largest absolute Gasteiger partial charge is 0.423 e. The second-order valence-electron chi connectivity index (χ2n) is 9.25. The van der Waals surface area contributed by atoms with E-state index in [1.165, 1.54) is 28.2 Å². The third-order valence-corrected chi connectivity index (χ3v) is 7.46. The van der Waals surface area contributed by atoms with Gasteiger partial charge in [-0.3, -0.25) is 4.90 Å². The van der Waals surface area contributed by atoms with E-state index in [1.54, 1.807) is 42.1 Å². The quantitative estimate of drug-likeness (QED) is 0.143. The molecule has 5 rings (SSSR count). The first-order valence-electron chi connectivity index (χ1n) is 12.3. The molecule has 0 saturated carbocycles. The van der Waals surface area contributed by atoms with Crippen molar-refractivity contribution < 1.29 is 22.7 Å². The van der Waals surface area contributed by atoms with Crippen LogP contribution in [-0.4, -0.2) is 23.7 Å². The Hall–Kier alpha value is -3.55. The molecule has 7 heteroatoms. The first-order chi connectivity index (χ1) is 18.3. The van der Waals surface area contributed by atoms with Crippen LogP contribution < -0.4 is 4.74 Å². The highest BCUT2D eigenvalue weighted by molar-refractivity contribution is 7.98. The standard InChI is InChI=1S/C31H26F3NO2S/c1-38-27-14-6-21(7-15-27)19-35-17-16-23-18-26(13-10-24(23)20-35)37-30(36)29-5-3-2-4-28(29)22-8-11-25(12-9-22)31(32,33)34/h2-15,18H,16-17,19-20H2,1H3. The number of alkyl halides is 3. The van der Waals surface area contributed by atoms with E-state index in [1.807, 2.05) is 12.1 Å². The predicted molar refractivity (Wildman–Crippen MR) is 144 cm³/mol. The van der Waals surface area contributed by atoms with E-state index in [2.05, 4.69) is 35.4 Å². The summed E-state index contributed by atoms with van der Waals surface area (Å²) in [5, 5.41) is 0. The van der Waals surface area contributed by atoms with Crippen LogP contribution in [0.15, 0.2) is 95.9 Å². The van der Waals surface area contributed by atoms with Crippen LogP contribution in [0.4, 0.5) is 13.2 Å². The number of halogens is 3. The molecular formula is C31H26F3NO2S. The highest BCUT2D eigenvalue weighted by atomic mass is 32.2. The molecule has 4 aromatic carbocycles. The van der Waals surface area contributed by atoms with Crippen LogP contribution >= 0.6 is 11.8 Å². The van der Waals surface area contributed by atoms with E-state index in [4.69, 9.17) is 4.74 Å². The first kappa shape index (κ1) is 26.1. The Kier molecular flexibility index (Phi) is 7.58. The number of hydrogen-bond acceptors (Lipinski definition) is 4. The summed E-state index contributed by atoms with van der Waals surface area (Å²) in [7, 11) is 0. The van der Waals surface area contributed by atoms with Gasteiger partial charge in [0.05, 0.1) is 11.1 Å². The lowest BCUT2D eigenvalue weighted by atomic mass is 9.98. The molecule has 0 aliphatic carbocycles. The lowest BCUT2D eigenvalue weighted by molar-refractivity contribution is -0.137. The van der Waals surface area contributed by atoms with E-state index in [0.29, 0.717) is 22.4 Å². The summed E-state index contributed by atoms with van der Waals surface area (Å²) < 4.78 is 44.6. The Bertz CT molecular complexity index is 1430. The maximum absolute atomic E-state index is 13.1. The van der Waals surface area contributed by atoms with Crippen LogP contribution in [0.3, 0.4) is 0 Å². The van der Waals surface area contributed by atoms with Gasteiger partial charge in [-0.15, -0.1) is 11.8 Å². The van der Waals surface area contributed by atoms with E-state index in [-0.39, 0.29) is 0 Å². The molecular weight excluding hydrogens is 507 g/mol. The van der Waals surface area contributed by atoms with Gasteiger partial charge < -0.3 is 4.74 Å². The summed E-state index contributed by atoms with van der Waals surface area (Å²) in [6.07, 6.45) is -1.49. The van der Waals surface area contributed by atoms with E-state index in [9.17, 15) is 18.0 Å². The molecule has 1 aliphatic rings. The molecule has 0 amide bonds. The zero-order valence-corrected chi connectivity index (χ0v) is 21.6. The van der Waals surface area contributed by atoms with Gasteiger partial charge in [-0.05, 0) is 83.0 Å². The van der Waals surface area contributed by atoms with Gasteiger partial charge in [0.15, 0.2) is 0 Å². The molecule has 3 nitrogen and oxygen atoms in total. The first-order valence-corrected chi connectivity index (χ1v) is 13.5. The zero-order chi connectivity index (χ0) is 26.7. The van der Waals surface area contributed by atoms with Crippen molar-refractivity contribution in [3.63, 3.8) is 0 Å². The normalized spacial score (nSPS) is 13.7. The molecule has 194 valence electrons. The summed E-state index contributed by atoms with van der Waals surface area (Å²) in [6, 6.07) is 25.9. The fraction of sp³-hybridized carbons (Fsp3) is 0.194. The average Bonchev–Trinajstić information content (AvgIpc) is 2.93. The Morgan fingerprint density at radius 1 is 0.921 bits per heavy atom. The van der Waals surface area contributed by atoms with Crippen molar-refractivity contribution in [3.05, 3.63) is 119 Å². The Morgan fingerprint density at radius 3 is 2.37 bits per heavy atom. The predicted octanol–water partition coefficient (Wildman–Crippen LogP) is 7.87. The topological polar surface area (TPSA) is 29.5 Å². The molecule has 0 aromatic heterocycles. The minimum Gasteiger partial charge on any atom is -0.423 e. The summed E-state index contributed by atoms with van der Waals surface area (Å²) in [6.45, 7) is 2.61. The Labute approximate surface area is 224 Å². The van der Waals surface area contributed by atoms with Crippen LogP contribution in [-0.2, 0) is 25.7 Å². The van der Waals surface area contributed by atoms with Gasteiger partial charge in [-0.25, -0.2) is 4.79 Å². The Morgan fingerprint density at radius 2 is 1.66 bits per heavy atom. The number of ether oxygens (including phenoxy) is 1. The van der Waals surface area contributed by atoms with Crippen LogP contribution in [0, 0.1) is 0 Å². The van der Waals surface area contributed by atoms with Crippen molar-refractivity contribution in [1.82, 2.24) is 4.90 Å². The monoisotopic (exact) mass is 533 g/mol. The van der Waals surface area contributed by atoms with Crippen LogP contribution in [0.1, 0.15) is 32.6 Å². The second kappa shape index (κ2) is 11.1. The SMILES string of the molecule is CSc1ccc(CN2CCc3cc(OC(=O)c4ccccc4-c4ccc(C(F)(F)F)cc4)ccc3C2)cc1. The third-order valence-electron chi connectivity index (χ3n) is 6.72. The van der Waals surface area contributed by atoms with E-state index < -0.39 is 17.7 Å². The molecule has 0 fully saturated rings. The maximum Gasteiger partial charge on any atom is 0.416 e. The number of fused-ring (bicyclic) bond motifs is 1. The van der Waals surface area contributed by atoms with Crippen molar-refractivity contribution in [3.8, 4) is 16.9 Å². The summed E-state index contributed by atoms with van der Waals surface area (Å²) in [5.74, 6) is -0.0938. The minimum atomic E-state index is -4.42. The highest BCUT2D eigenvalue weighted by Crippen LogP contribution is 2.32. The van der Waals surface area contributed by atoms with E-state index >= 15 is 0 Å². The van der Waals surface area contributed by atoms with Crippen molar-refractivity contribution in [2.24, 2.45) is 0 Å². The Balaban J connectivity index is 1.28. The van der Waals surface area contributed by atoms with Crippen LogP contribution in [0.2, 0.25) is 0 Å². The average molecular weight is 534 g/mol. The molecule has 0 N–H and O–H groups in total. The number of rotatable bonds is 6. The van der Waals surface area contributed by atoms with Gasteiger partial charge in [-0.2, -0.15) is 13.2 Å². The van der Waals surface area contributed by atoms with Crippen molar-refractivity contribution in [2.75, 3.05) is 12.8 Å². The van der Waals surface area contributed by atoms with Crippen molar-refractivity contribution in [1.29, 1.82) is 0 Å². The lowest BCUT2D eigenvalue weighted by Crippen LogP contribution is -2.30. The van der Waals surface area contributed by atoms with Gasteiger partial charge in [0.1, 0.15) is 5.75 Å². The molecule has 0 saturated heterocycles. The molecule has 0 bridgehead atoms. The minimum absolute atomic E-state index is 0.295. The summed E-state index contributed by atoms with van der Waals surface area (Å²) in [4.78, 5) is 16.7. The molecule has 0 radical (unpaired) electrons. The van der Waals surface area contributed by atoms with Crippen LogP contribution in [0.5, 0.6) is 5.75 Å². The molecule has 1 heterocycles. The van der Waals surface area contributed by atoms with Gasteiger partial charge in [-0.1, -0.05) is 48.5 Å². The van der Waals surface area contributed by atoms with Crippen LogP contribution in [0.25, 0.3) is 11.1 Å². The fourth-order valence-corrected chi connectivity index (χ4v) is 5.10. The number of esters is 1. The number of hydrogen-bond donors (Lipinski definition) is 0. The summed E-state index contributed by atoms with van der Waals surface area (Å²) in [5.41, 5.74) is 4.24. The second-order valence-corrected chi connectivity index (χ2v) is 10.1. The number of benzene rings is 4. The fourth-order valence-electron chi connectivity index (χ4n) is 4.69. The third kappa shape index (κ3) is 5.95. The number of thioether (sulfide) groups is 1. The molecule has 0 spiro atoms. The molecule has 1 aliphatic heterocycles. The molecule has 38 heavy (non-hydrogen) atoms. The number of carbonyl (C=O) groups excluding carboxylic acids is 1. The van der Waals surface area contributed by atoms with Gasteiger partial charge >= 0.3 is 12.1 Å². The maximum atomic E-state index is 13.1. The van der Waals surface area contributed by atoms with Crippen molar-refractivity contribution in [2.45, 2.75) is 30.6 Å². The lowest BCUT2D eigenvalue weighted by Gasteiger charge is -2.29. The molecule has 0 atom stereocenters. The molecule has 4 aromatic rings.